The van der Waals surface area contributed by atoms with Crippen molar-refractivity contribution in [2.24, 2.45) is 5.73 Å². The van der Waals surface area contributed by atoms with Crippen LogP contribution in [-0.2, 0) is 9.53 Å². The Labute approximate surface area is 251 Å². The van der Waals surface area contributed by atoms with Crippen molar-refractivity contribution in [1.29, 1.82) is 0 Å². The summed E-state index contributed by atoms with van der Waals surface area (Å²) in [4.78, 5) is 12.0. The molecular weight excluding hydrogens is 550 g/mol. The minimum Gasteiger partial charge on any atom is -0.464 e. The monoisotopic (exact) mass is 615 g/mol. The Kier molecular flexibility index (Phi) is 31.8. The van der Waals surface area contributed by atoms with Crippen molar-refractivity contribution in [3.05, 3.63) is 12.2 Å². The van der Waals surface area contributed by atoms with Gasteiger partial charge in [0.15, 0.2) is 0 Å². The number of aliphatic hydroxyl groups is 1. The lowest BCUT2D eigenvalue weighted by molar-refractivity contribution is -0.144. The van der Waals surface area contributed by atoms with Crippen molar-refractivity contribution >= 4 is 21.9 Å². The zero-order valence-corrected chi connectivity index (χ0v) is 27.4. The summed E-state index contributed by atoms with van der Waals surface area (Å²) in [6.07, 6.45) is 35.8. The van der Waals surface area contributed by atoms with Crippen LogP contribution in [0.5, 0.6) is 0 Å². The zero-order chi connectivity index (χ0) is 28.7. The highest BCUT2D eigenvalue weighted by Gasteiger charge is 2.14. The molecule has 0 fully saturated rings. The van der Waals surface area contributed by atoms with Crippen LogP contribution in [0.3, 0.4) is 0 Å². The fraction of sp³-hybridized carbons (Fsp3) is 0.912. The molecule has 5 heteroatoms. The number of carbonyl (C=O) groups is 1. The summed E-state index contributed by atoms with van der Waals surface area (Å²) in [6, 6.07) is -0.558. The van der Waals surface area contributed by atoms with Crippen molar-refractivity contribution in [2.45, 2.75) is 186 Å². The number of hydrogen-bond donors (Lipinski definition) is 2. The summed E-state index contributed by atoms with van der Waals surface area (Å²) in [7, 11) is 0. The zero-order valence-electron chi connectivity index (χ0n) is 25.8. The van der Waals surface area contributed by atoms with E-state index in [1.807, 2.05) is 6.08 Å². The van der Waals surface area contributed by atoms with E-state index in [1.54, 1.807) is 6.08 Å². The van der Waals surface area contributed by atoms with Gasteiger partial charge in [0.05, 0.1) is 12.1 Å². The van der Waals surface area contributed by atoms with Crippen LogP contribution in [0.1, 0.15) is 174 Å². The molecule has 2 unspecified atom stereocenters. The molecule has 0 saturated carbocycles. The Morgan fingerprint density at radius 3 is 1.56 bits per heavy atom. The van der Waals surface area contributed by atoms with Crippen LogP contribution >= 0.6 is 15.9 Å². The third-order valence-corrected chi connectivity index (χ3v) is 8.26. The van der Waals surface area contributed by atoms with Gasteiger partial charge in [0, 0.05) is 11.8 Å². The van der Waals surface area contributed by atoms with E-state index < -0.39 is 12.1 Å². The smallest absolute Gasteiger partial charge is 0.305 e. The van der Waals surface area contributed by atoms with E-state index in [0.717, 1.165) is 31.0 Å². The first-order valence-corrected chi connectivity index (χ1v) is 18.1. The third kappa shape index (κ3) is 30.4. The number of rotatable bonds is 31. The summed E-state index contributed by atoms with van der Waals surface area (Å²) in [5.41, 5.74) is 6.01. The fourth-order valence-electron chi connectivity index (χ4n) is 4.97. The van der Waals surface area contributed by atoms with Crippen LogP contribution in [0.15, 0.2) is 12.2 Å². The molecular formula is C34H66BrNO3. The van der Waals surface area contributed by atoms with Gasteiger partial charge >= 0.3 is 5.97 Å². The maximum Gasteiger partial charge on any atom is 0.305 e. The van der Waals surface area contributed by atoms with Crippen LogP contribution < -0.4 is 5.73 Å². The topological polar surface area (TPSA) is 72.6 Å². The normalized spacial score (nSPS) is 13.2. The molecule has 0 rings (SSSR count). The van der Waals surface area contributed by atoms with Crippen molar-refractivity contribution in [2.75, 3.05) is 11.9 Å². The predicted molar refractivity (Wildman–Crippen MR) is 174 cm³/mol. The van der Waals surface area contributed by atoms with E-state index in [0.29, 0.717) is 6.42 Å². The van der Waals surface area contributed by atoms with Crippen molar-refractivity contribution < 1.29 is 14.6 Å². The molecule has 4 nitrogen and oxygen atoms in total. The average molecular weight is 617 g/mol. The Bertz CT molecular complexity index is 529. The Morgan fingerprint density at radius 1 is 0.692 bits per heavy atom. The number of halogens is 1. The maximum atomic E-state index is 12.0. The van der Waals surface area contributed by atoms with Gasteiger partial charge < -0.3 is 15.6 Å². The summed E-state index contributed by atoms with van der Waals surface area (Å²) in [5, 5.41) is 11.4. The second-order valence-electron chi connectivity index (χ2n) is 11.6. The minimum absolute atomic E-state index is 0.0826. The maximum absolute atomic E-state index is 12.0. The molecule has 0 aromatic rings. The highest BCUT2D eigenvalue weighted by Crippen LogP contribution is 2.14. The number of alkyl halides is 1. The van der Waals surface area contributed by atoms with Crippen LogP contribution in [0.2, 0.25) is 0 Å². The predicted octanol–water partition coefficient (Wildman–Crippen LogP) is 10.3. The standard InChI is InChI=1S/C34H66BrNO3/c1-2-3-4-5-6-7-8-10-13-16-19-22-25-28-33(37)32(36)31-39-34(38)29-26-23-20-17-14-11-9-12-15-18-21-24-27-30-35/h25,28,32-33,37H,2-24,26-27,29-31,36H2,1H3. The Morgan fingerprint density at radius 2 is 1.10 bits per heavy atom. The number of nitrogens with two attached hydrogens (primary N) is 1. The molecule has 0 bridgehead atoms. The molecule has 0 aliphatic carbocycles. The first-order chi connectivity index (χ1) is 19.1. The molecule has 0 radical (unpaired) electrons. The number of ether oxygens (including phenoxy) is 1. The first kappa shape index (κ1) is 38.6. The molecule has 3 N–H and O–H groups in total. The van der Waals surface area contributed by atoms with E-state index in [-0.39, 0.29) is 12.6 Å². The van der Waals surface area contributed by atoms with Crippen LogP contribution in [-0.4, -0.2) is 35.2 Å². The number of allylic oxidation sites excluding steroid dienone is 1. The third-order valence-electron chi connectivity index (χ3n) is 7.70. The van der Waals surface area contributed by atoms with Crippen LogP contribution in [0.25, 0.3) is 0 Å². The van der Waals surface area contributed by atoms with E-state index in [1.165, 1.54) is 135 Å². The van der Waals surface area contributed by atoms with Crippen molar-refractivity contribution in [1.82, 2.24) is 0 Å². The first-order valence-electron chi connectivity index (χ1n) is 16.9. The van der Waals surface area contributed by atoms with Crippen molar-refractivity contribution in [3.63, 3.8) is 0 Å². The molecule has 0 aromatic carbocycles. The van der Waals surface area contributed by atoms with E-state index in [4.69, 9.17) is 10.5 Å². The molecule has 0 aromatic heterocycles. The lowest BCUT2D eigenvalue weighted by atomic mass is 10.0. The van der Waals surface area contributed by atoms with Gasteiger partial charge in [-0.1, -0.05) is 170 Å². The van der Waals surface area contributed by atoms with Crippen molar-refractivity contribution in [3.8, 4) is 0 Å². The number of aliphatic hydroxyl groups excluding tert-OH is 1. The quantitative estimate of drug-likeness (QED) is 0.0352. The molecule has 232 valence electrons. The van der Waals surface area contributed by atoms with Gasteiger partial charge in [0.25, 0.3) is 0 Å². The number of esters is 1. The highest BCUT2D eigenvalue weighted by molar-refractivity contribution is 9.09. The van der Waals surface area contributed by atoms with E-state index in [2.05, 4.69) is 22.9 Å². The SMILES string of the molecule is CCCCCCCCCCCCCC=CC(O)C(N)COC(=O)CCCCCCCCCCCCCCCBr. The minimum atomic E-state index is -0.760. The van der Waals surface area contributed by atoms with Gasteiger partial charge in [-0.2, -0.15) is 0 Å². The Hall–Kier alpha value is -0.390. The van der Waals surface area contributed by atoms with Gasteiger partial charge in [-0.05, 0) is 25.7 Å². The van der Waals surface area contributed by atoms with Gasteiger partial charge in [-0.3, -0.25) is 4.79 Å². The molecule has 0 amide bonds. The van der Waals surface area contributed by atoms with Gasteiger partial charge in [0.1, 0.15) is 6.61 Å². The average Bonchev–Trinajstić information content (AvgIpc) is 2.94. The Balaban J connectivity index is 3.47. The molecule has 0 spiro atoms. The second kappa shape index (κ2) is 32.1. The number of carbonyl (C=O) groups excluding carboxylic acids is 1. The van der Waals surface area contributed by atoms with Gasteiger partial charge in [-0.25, -0.2) is 0 Å². The van der Waals surface area contributed by atoms with E-state index in [9.17, 15) is 9.90 Å². The van der Waals surface area contributed by atoms with E-state index >= 15 is 0 Å². The van der Waals surface area contributed by atoms with Crippen LogP contribution in [0.4, 0.5) is 0 Å². The largest absolute Gasteiger partial charge is 0.464 e. The molecule has 39 heavy (non-hydrogen) atoms. The molecule has 2 atom stereocenters. The molecule has 0 aliphatic heterocycles. The van der Waals surface area contributed by atoms with Crippen LogP contribution in [0, 0.1) is 0 Å². The fourth-order valence-corrected chi connectivity index (χ4v) is 5.37. The molecule has 0 aliphatic rings. The highest BCUT2D eigenvalue weighted by atomic mass is 79.9. The van der Waals surface area contributed by atoms with Gasteiger partial charge in [0.2, 0.25) is 0 Å². The number of unbranched alkanes of at least 4 members (excludes halogenated alkanes) is 23. The summed E-state index contributed by atoms with van der Waals surface area (Å²) in [6.45, 7) is 2.35. The van der Waals surface area contributed by atoms with Gasteiger partial charge in [-0.15, -0.1) is 0 Å². The molecule has 0 heterocycles. The molecule has 0 saturated heterocycles. The summed E-state index contributed by atoms with van der Waals surface area (Å²) in [5.74, 6) is -0.196. The lowest BCUT2D eigenvalue weighted by Crippen LogP contribution is -2.38. The lowest BCUT2D eigenvalue weighted by Gasteiger charge is -2.15. The summed E-state index contributed by atoms with van der Waals surface area (Å²) >= 11 is 3.49. The summed E-state index contributed by atoms with van der Waals surface area (Å²) < 4.78 is 5.30. The second-order valence-corrected chi connectivity index (χ2v) is 12.4. The number of hydrogen-bond acceptors (Lipinski definition) is 4.